The van der Waals surface area contributed by atoms with Crippen molar-refractivity contribution in [2.75, 3.05) is 13.2 Å². The summed E-state index contributed by atoms with van der Waals surface area (Å²) in [6.45, 7) is 8.29. The molecule has 1 aliphatic rings. The first-order chi connectivity index (χ1) is 14.3. The molecule has 1 saturated heterocycles. The summed E-state index contributed by atoms with van der Waals surface area (Å²) < 4.78 is 7.38. The van der Waals surface area contributed by atoms with Crippen molar-refractivity contribution >= 4 is 28.4 Å². The molecule has 1 fully saturated rings. The number of ether oxygens (including phenoxy) is 1. The van der Waals surface area contributed by atoms with Crippen LogP contribution in [0.25, 0.3) is 10.9 Å². The number of nitrogens with zero attached hydrogens (tertiary/aromatic N) is 5. The number of carbonyl (C=O) groups excluding carboxylic acids is 1. The molecule has 30 heavy (non-hydrogen) atoms. The van der Waals surface area contributed by atoms with Gasteiger partial charge in [0, 0.05) is 30.2 Å². The molecule has 3 aromatic rings. The number of hydrogen-bond acceptors (Lipinski definition) is 6. The van der Waals surface area contributed by atoms with Crippen molar-refractivity contribution in [3.05, 3.63) is 34.7 Å². The third kappa shape index (κ3) is 4.32. The summed E-state index contributed by atoms with van der Waals surface area (Å²) in [7, 11) is 0. The first-order valence-electron chi connectivity index (χ1n) is 10.1. The number of tetrazole rings is 1. The Hall–Kier alpha value is -2.52. The Morgan fingerprint density at radius 3 is 2.80 bits per heavy atom. The minimum Gasteiger partial charge on any atom is -0.381 e. The number of H-pyrrole nitrogens is 1. The third-order valence-electron chi connectivity index (χ3n) is 5.46. The molecule has 160 valence electrons. The summed E-state index contributed by atoms with van der Waals surface area (Å²) in [5, 5.41) is 23.2. The van der Waals surface area contributed by atoms with Crippen molar-refractivity contribution in [3.63, 3.8) is 0 Å². The van der Waals surface area contributed by atoms with Crippen molar-refractivity contribution < 1.29 is 9.53 Å². The van der Waals surface area contributed by atoms with Crippen LogP contribution < -0.4 is 5.32 Å². The van der Waals surface area contributed by atoms with Gasteiger partial charge in [0.05, 0.1) is 11.6 Å². The van der Waals surface area contributed by atoms with Crippen molar-refractivity contribution in [3.8, 4) is 0 Å². The standard InChI is InChI=1S/C20H26ClN7O2/c1-20(2,3)17(18-23-26-27-24-18)22-19(29)16-14-10-13(21)4-5-15(14)28(25-16)11-12-6-8-30-9-7-12/h4-5,10,12,17H,6-9,11H2,1-3H3,(H,22,29)(H,23,24,26,27). The van der Waals surface area contributed by atoms with Crippen LogP contribution in [-0.4, -0.2) is 49.5 Å². The summed E-state index contributed by atoms with van der Waals surface area (Å²) >= 11 is 6.24. The number of aromatic nitrogens is 6. The summed E-state index contributed by atoms with van der Waals surface area (Å²) in [5.41, 5.74) is 0.915. The number of hydrogen-bond donors (Lipinski definition) is 2. The summed E-state index contributed by atoms with van der Waals surface area (Å²) in [4.78, 5) is 13.3. The highest BCUT2D eigenvalue weighted by Crippen LogP contribution is 2.31. The van der Waals surface area contributed by atoms with E-state index in [9.17, 15) is 4.79 Å². The molecular formula is C20H26ClN7O2. The highest BCUT2D eigenvalue weighted by molar-refractivity contribution is 6.31. The number of fused-ring (bicyclic) bond motifs is 1. The van der Waals surface area contributed by atoms with Gasteiger partial charge in [-0.25, -0.2) is 0 Å². The molecule has 1 aromatic carbocycles. The zero-order chi connectivity index (χ0) is 21.3. The maximum Gasteiger partial charge on any atom is 0.273 e. The van der Waals surface area contributed by atoms with Crippen LogP contribution in [-0.2, 0) is 11.3 Å². The molecule has 2 N–H and O–H groups in total. The maximum atomic E-state index is 13.3. The number of aromatic amines is 1. The molecule has 0 spiro atoms. The molecule has 1 unspecified atom stereocenters. The molecule has 0 radical (unpaired) electrons. The van der Waals surface area contributed by atoms with Crippen LogP contribution in [0.2, 0.25) is 5.02 Å². The van der Waals surface area contributed by atoms with Gasteiger partial charge >= 0.3 is 0 Å². The second kappa shape index (κ2) is 8.31. The van der Waals surface area contributed by atoms with Gasteiger partial charge in [-0.2, -0.15) is 10.3 Å². The van der Waals surface area contributed by atoms with E-state index >= 15 is 0 Å². The highest BCUT2D eigenvalue weighted by atomic mass is 35.5. The van der Waals surface area contributed by atoms with Crippen LogP contribution in [0.5, 0.6) is 0 Å². The van der Waals surface area contributed by atoms with E-state index in [1.165, 1.54) is 0 Å². The molecule has 1 aliphatic heterocycles. The van der Waals surface area contributed by atoms with Crippen LogP contribution in [0.3, 0.4) is 0 Å². The van der Waals surface area contributed by atoms with E-state index in [0.717, 1.165) is 43.5 Å². The molecule has 4 rings (SSSR count). The van der Waals surface area contributed by atoms with E-state index in [1.807, 2.05) is 37.6 Å². The molecule has 0 aliphatic carbocycles. The summed E-state index contributed by atoms with van der Waals surface area (Å²) in [6, 6.07) is 5.10. The molecular weight excluding hydrogens is 406 g/mol. The molecule has 1 amide bonds. The fourth-order valence-electron chi connectivity index (χ4n) is 3.79. The van der Waals surface area contributed by atoms with E-state index in [4.69, 9.17) is 16.3 Å². The fourth-order valence-corrected chi connectivity index (χ4v) is 3.96. The molecule has 3 heterocycles. The fraction of sp³-hybridized carbons (Fsp3) is 0.550. The molecule has 10 heteroatoms. The Bertz CT molecular complexity index is 1020. The number of nitrogens with one attached hydrogen (secondary N) is 2. The van der Waals surface area contributed by atoms with Gasteiger partial charge in [0.1, 0.15) is 0 Å². The Balaban J connectivity index is 1.67. The summed E-state index contributed by atoms with van der Waals surface area (Å²) in [6.07, 6.45) is 1.97. The minimum absolute atomic E-state index is 0.294. The lowest BCUT2D eigenvalue weighted by Crippen LogP contribution is -2.37. The van der Waals surface area contributed by atoms with Crippen molar-refractivity contribution in [1.29, 1.82) is 0 Å². The maximum absolute atomic E-state index is 13.3. The molecule has 9 nitrogen and oxygen atoms in total. The van der Waals surface area contributed by atoms with E-state index in [2.05, 4.69) is 31.0 Å². The summed E-state index contributed by atoms with van der Waals surface area (Å²) in [5.74, 6) is 0.604. The van der Waals surface area contributed by atoms with Crippen LogP contribution in [0.15, 0.2) is 18.2 Å². The van der Waals surface area contributed by atoms with Crippen LogP contribution in [0, 0.1) is 11.3 Å². The number of benzene rings is 1. The monoisotopic (exact) mass is 431 g/mol. The average Bonchev–Trinajstić information content (AvgIpc) is 3.34. The first-order valence-corrected chi connectivity index (χ1v) is 10.5. The quantitative estimate of drug-likeness (QED) is 0.642. The van der Waals surface area contributed by atoms with Crippen LogP contribution in [0.4, 0.5) is 0 Å². The van der Waals surface area contributed by atoms with Gasteiger partial charge in [-0.1, -0.05) is 37.6 Å². The van der Waals surface area contributed by atoms with E-state index in [1.54, 1.807) is 6.07 Å². The molecule has 0 bridgehead atoms. The Morgan fingerprint density at radius 1 is 1.37 bits per heavy atom. The van der Waals surface area contributed by atoms with E-state index < -0.39 is 6.04 Å². The SMILES string of the molecule is CC(C)(C)C(NC(=O)c1nn(CC2CCOCC2)c2ccc(Cl)cc12)c1nn[nH]n1. The van der Waals surface area contributed by atoms with E-state index in [-0.39, 0.29) is 11.3 Å². The molecule has 1 atom stereocenters. The Labute approximate surface area is 179 Å². The topological polar surface area (TPSA) is 111 Å². The van der Waals surface area contributed by atoms with E-state index in [0.29, 0.717) is 22.5 Å². The highest BCUT2D eigenvalue weighted by Gasteiger charge is 2.33. The van der Waals surface area contributed by atoms with Crippen molar-refractivity contribution in [2.45, 2.75) is 46.2 Å². The second-order valence-electron chi connectivity index (χ2n) is 8.79. The smallest absolute Gasteiger partial charge is 0.273 e. The van der Waals surface area contributed by atoms with Gasteiger partial charge < -0.3 is 10.1 Å². The largest absolute Gasteiger partial charge is 0.381 e. The molecule has 0 saturated carbocycles. The third-order valence-corrected chi connectivity index (χ3v) is 5.70. The van der Waals surface area contributed by atoms with Gasteiger partial charge in [0.2, 0.25) is 0 Å². The Morgan fingerprint density at radius 2 is 2.13 bits per heavy atom. The van der Waals surface area contributed by atoms with Crippen molar-refractivity contribution in [2.24, 2.45) is 11.3 Å². The molecule has 2 aromatic heterocycles. The second-order valence-corrected chi connectivity index (χ2v) is 9.23. The number of rotatable bonds is 5. The number of carbonyl (C=O) groups is 1. The predicted octanol–water partition coefficient (Wildman–Crippen LogP) is 3.15. The number of halogens is 1. The van der Waals surface area contributed by atoms with Gasteiger partial charge in [-0.3, -0.25) is 9.48 Å². The van der Waals surface area contributed by atoms with Crippen molar-refractivity contribution in [1.82, 2.24) is 35.7 Å². The average molecular weight is 432 g/mol. The van der Waals surface area contributed by atoms with Gasteiger partial charge in [-0.05, 0) is 42.4 Å². The first kappa shape index (κ1) is 20.7. The lowest BCUT2D eigenvalue weighted by Gasteiger charge is -2.28. The lowest BCUT2D eigenvalue weighted by atomic mass is 9.86. The lowest BCUT2D eigenvalue weighted by molar-refractivity contribution is 0.0604. The Kier molecular flexibility index (Phi) is 5.75. The van der Waals surface area contributed by atoms with Crippen LogP contribution in [0.1, 0.15) is 56.0 Å². The number of amides is 1. The van der Waals surface area contributed by atoms with Gasteiger partial charge in [-0.15, -0.1) is 10.2 Å². The zero-order valence-corrected chi connectivity index (χ0v) is 18.1. The van der Waals surface area contributed by atoms with Gasteiger partial charge in [0.25, 0.3) is 5.91 Å². The predicted molar refractivity (Wildman–Crippen MR) is 112 cm³/mol. The minimum atomic E-state index is -0.432. The zero-order valence-electron chi connectivity index (χ0n) is 17.4. The van der Waals surface area contributed by atoms with Gasteiger partial charge in [0.15, 0.2) is 11.5 Å². The normalized spacial score (nSPS) is 16.7. The van der Waals surface area contributed by atoms with Crippen LogP contribution >= 0.6 is 11.6 Å².